The summed E-state index contributed by atoms with van der Waals surface area (Å²) in [5, 5.41) is -5.13. The molecule has 294 valence electrons. The van der Waals surface area contributed by atoms with Crippen molar-refractivity contribution in [3.05, 3.63) is 0 Å². The lowest BCUT2D eigenvalue weighted by atomic mass is 9.38. The van der Waals surface area contributed by atoms with Gasteiger partial charge in [0, 0.05) is 35.5 Å². The first kappa shape index (κ1) is 34.7. The van der Waals surface area contributed by atoms with Gasteiger partial charge in [0.05, 0.1) is 10.8 Å². The molecule has 11 atom stereocenters. The molecule has 13 fully saturated rings. The van der Waals surface area contributed by atoms with Crippen molar-refractivity contribution in [3.8, 4) is 0 Å². The fourth-order valence-corrected chi connectivity index (χ4v) is 15.6. The summed E-state index contributed by atoms with van der Waals surface area (Å²) in [6.45, 7) is -0.392. The number of carbonyl (C=O) groups excluding carboxylic acids is 5. The molecule has 1 saturated heterocycles. The predicted octanol–water partition coefficient (Wildman–Crippen LogP) is 3.56. The Bertz CT molecular complexity index is 1850. The van der Waals surface area contributed by atoms with Gasteiger partial charge in [-0.25, -0.2) is 4.79 Å². The lowest BCUT2D eigenvalue weighted by Crippen LogP contribution is -2.66. The van der Waals surface area contributed by atoms with Crippen LogP contribution in [0.4, 0.5) is 8.78 Å². The number of halogens is 2. The molecule has 13 nitrogen and oxygen atoms in total. The first-order valence-corrected chi connectivity index (χ1v) is 21.2. The van der Waals surface area contributed by atoms with Gasteiger partial charge in [-0.15, -0.1) is 0 Å². The Morgan fingerprint density at radius 1 is 0.722 bits per heavy atom. The standard InChI is InChI=1S/C38H44F2O13S/c39-38(40,54(46,47)48)32(45)53-35-7-18-3-22(11-35)37(23(4-18)12-35)51-26(14-49-30(43)33-6-17-1-19(8-33)28(41)20(2-17)9-33)27(52-37)15-50-31(44)34-10-21-5-24-29(42)25(13-34)36(21,24)16-34/h17-27H,1-16H2,(H,46,47,48). The van der Waals surface area contributed by atoms with Crippen molar-refractivity contribution in [2.24, 2.45) is 69.5 Å². The minimum Gasteiger partial charge on any atom is -0.462 e. The van der Waals surface area contributed by atoms with Crippen molar-refractivity contribution < 1.29 is 69.4 Å². The number of hydrogen-bond donors (Lipinski definition) is 1. The van der Waals surface area contributed by atoms with Gasteiger partial charge in [0.2, 0.25) is 0 Å². The van der Waals surface area contributed by atoms with Crippen molar-refractivity contribution >= 4 is 39.6 Å². The fraction of sp³-hybridized carbons (Fsp3) is 0.868. The van der Waals surface area contributed by atoms with E-state index in [9.17, 15) is 41.2 Å². The second kappa shape index (κ2) is 10.5. The van der Waals surface area contributed by atoms with E-state index in [4.69, 9.17) is 28.2 Å². The summed E-state index contributed by atoms with van der Waals surface area (Å²) >= 11 is 0. The number of alkyl halides is 2. The van der Waals surface area contributed by atoms with E-state index in [2.05, 4.69) is 0 Å². The Balaban J connectivity index is 0.834. The molecule has 0 aromatic rings. The molecule has 12 aliphatic carbocycles. The second-order valence-electron chi connectivity index (χ2n) is 19.6. The average molecular weight is 779 g/mol. The molecule has 13 rings (SSSR count). The first-order chi connectivity index (χ1) is 25.4. The summed E-state index contributed by atoms with van der Waals surface area (Å²) in [5.74, 6) is -4.42. The number of esters is 3. The van der Waals surface area contributed by atoms with Crippen LogP contribution in [0.25, 0.3) is 0 Å². The van der Waals surface area contributed by atoms with Crippen LogP contribution in [0.3, 0.4) is 0 Å². The molecule has 12 saturated carbocycles. The third-order valence-corrected chi connectivity index (χ3v) is 17.8. The molecule has 1 heterocycles. The summed E-state index contributed by atoms with van der Waals surface area (Å²) in [6.07, 6.45) is 5.65. The highest BCUT2D eigenvalue weighted by atomic mass is 32.2. The molecule has 54 heavy (non-hydrogen) atoms. The van der Waals surface area contributed by atoms with E-state index in [-0.39, 0.29) is 91.0 Å². The molecule has 1 aliphatic heterocycles. The third kappa shape index (κ3) is 4.24. The molecule has 16 heteroatoms. The quantitative estimate of drug-likeness (QED) is 0.204. The number of rotatable bonds is 9. The van der Waals surface area contributed by atoms with Crippen LogP contribution in [0, 0.1) is 69.5 Å². The van der Waals surface area contributed by atoms with Crippen molar-refractivity contribution in [1.29, 1.82) is 0 Å². The van der Waals surface area contributed by atoms with Crippen LogP contribution in [0.2, 0.25) is 0 Å². The van der Waals surface area contributed by atoms with Crippen LogP contribution in [0.5, 0.6) is 0 Å². The SMILES string of the molecule is O=C1C2CC3CC1CC(C(=O)OCC1OC4(OC1COC(=O)C15CC6CC7C(=O)C(C1)C67C5)C1CC5CC4CC(OC(=O)C(F)(F)S(=O)(=O)O)(C5)C1)(C3)C2. The molecular weight excluding hydrogens is 734 g/mol. The van der Waals surface area contributed by atoms with Gasteiger partial charge in [0.15, 0.2) is 5.79 Å². The van der Waals surface area contributed by atoms with Gasteiger partial charge in [0.1, 0.15) is 42.6 Å². The minimum absolute atomic E-state index is 0.0385. The first-order valence-electron chi connectivity index (χ1n) is 19.8. The summed E-state index contributed by atoms with van der Waals surface area (Å²) in [5.41, 5.74) is -2.91. The maximum atomic E-state index is 14.3. The average Bonchev–Trinajstić information content (AvgIpc) is 3.74. The third-order valence-electron chi connectivity index (χ3n) is 17.0. The summed E-state index contributed by atoms with van der Waals surface area (Å²) < 4.78 is 91.3. The summed E-state index contributed by atoms with van der Waals surface area (Å²) in [6, 6.07) is 0. The number of hydrogen-bond acceptors (Lipinski definition) is 12. The van der Waals surface area contributed by atoms with Gasteiger partial charge in [-0.3, -0.25) is 23.7 Å². The molecular formula is C38H44F2O13S. The molecule has 0 aromatic heterocycles. The summed E-state index contributed by atoms with van der Waals surface area (Å²) in [4.78, 5) is 65.9. The van der Waals surface area contributed by atoms with Gasteiger partial charge >= 0.3 is 33.3 Å². The van der Waals surface area contributed by atoms with E-state index in [1.807, 2.05) is 0 Å². The Morgan fingerprint density at radius 2 is 1.31 bits per heavy atom. The molecule has 2 spiro atoms. The number of fused-ring (bicyclic) bond motifs is 1. The number of ether oxygens (including phenoxy) is 5. The van der Waals surface area contributed by atoms with Gasteiger partial charge in [-0.2, -0.15) is 17.2 Å². The Labute approximate surface area is 310 Å². The zero-order valence-electron chi connectivity index (χ0n) is 29.7. The van der Waals surface area contributed by atoms with Crippen LogP contribution in [-0.2, 0) is 57.8 Å². The zero-order chi connectivity index (χ0) is 37.6. The van der Waals surface area contributed by atoms with Crippen molar-refractivity contribution in [2.45, 2.75) is 119 Å². The maximum Gasteiger partial charge on any atom is 0.465 e. The predicted molar refractivity (Wildman–Crippen MR) is 173 cm³/mol. The maximum absolute atomic E-state index is 14.3. The van der Waals surface area contributed by atoms with E-state index in [1.54, 1.807) is 0 Å². The topological polar surface area (TPSA) is 186 Å². The number of ketones is 2. The van der Waals surface area contributed by atoms with Crippen LogP contribution in [0.1, 0.15) is 89.9 Å². The molecule has 10 bridgehead atoms. The van der Waals surface area contributed by atoms with Gasteiger partial charge < -0.3 is 23.7 Å². The molecule has 0 amide bonds. The van der Waals surface area contributed by atoms with E-state index < -0.39 is 67.6 Å². The van der Waals surface area contributed by atoms with E-state index in [0.717, 1.165) is 19.3 Å². The molecule has 1 N–H and O–H groups in total. The molecule has 11 unspecified atom stereocenters. The molecule has 13 aliphatic rings. The van der Waals surface area contributed by atoms with Crippen molar-refractivity contribution in [1.82, 2.24) is 0 Å². The molecule has 0 aromatic carbocycles. The number of Topliss-reactive ketones (excluding diaryl/α,β-unsaturated/α-hetero) is 2. The minimum atomic E-state index is -6.06. The highest BCUT2D eigenvalue weighted by molar-refractivity contribution is 7.87. The van der Waals surface area contributed by atoms with Gasteiger partial charge in [0.25, 0.3) is 0 Å². The van der Waals surface area contributed by atoms with E-state index >= 15 is 0 Å². The lowest BCUT2D eigenvalue weighted by molar-refractivity contribution is -0.326. The number of carbonyl (C=O) groups is 5. The Hall–Kier alpha value is -2.56. The van der Waals surface area contributed by atoms with Crippen molar-refractivity contribution in [3.63, 3.8) is 0 Å². The normalized spacial score (nSPS) is 52.3. The summed E-state index contributed by atoms with van der Waals surface area (Å²) in [7, 11) is -6.06. The largest absolute Gasteiger partial charge is 0.465 e. The second-order valence-corrected chi connectivity index (χ2v) is 21.0. The molecule has 0 radical (unpaired) electrons. The fourth-order valence-electron chi connectivity index (χ4n) is 15.3. The van der Waals surface area contributed by atoms with Crippen molar-refractivity contribution in [2.75, 3.05) is 13.2 Å². The van der Waals surface area contributed by atoms with Crippen LogP contribution < -0.4 is 0 Å². The smallest absolute Gasteiger partial charge is 0.462 e. The van der Waals surface area contributed by atoms with Crippen LogP contribution >= 0.6 is 0 Å². The van der Waals surface area contributed by atoms with Crippen LogP contribution in [0.15, 0.2) is 0 Å². The Morgan fingerprint density at radius 3 is 1.91 bits per heavy atom. The van der Waals surface area contributed by atoms with Gasteiger partial charge in [-0.05, 0) is 113 Å². The van der Waals surface area contributed by atoms with Crippen LogP contribution in [-0.4, -0.2) is 84.5 Å². The van der Waals surface area contributed by atoms with Gasteiger partial charge in [-0.1, -0.05) is 0 Å². The highest BCUT2D eigenvalue weighted by Gasteiger charge is 2.83. The zero-order valence-corrected chi connectivity index (χ0v) is 30.5. The monoisotopic (exact) mass is 778 g/mol. The lowest BCUT2D eigenvalue weighted by Gasteiger charge is -2.64. The van der Waals surface area contributed by atoms with E-state index in [1.165, 1.54) is 0 Å². The highest BCUT2D eigenvalue weighted by Crippen LogP contribution is 2.83. The van der Waals surface area contributed by atoms with E-state index in [0.29, 0.717) is 63.2 Å². The Kier molecular flexibility index (Phi) is 6.73.